The van der Waals surface area contributed by atoms with E-state index >= 15 is 0 Å². The van der Waals surface area contributed by atoms with Crippen molar-refractivity contribution in [3.05, 3.63) is 0 Å². The monoisotopic (exact) mass is 303 g/mol. The first-order valence-electron chi connectivity index (χ1n) is 8.47. The molecule has 5 heteroatoms. The topological polar surface area (TPSA) is 62.9 Å². The molecule has 1 aliphatic rings. The molecule has 2 N–H and O–H groups in total. The summed E-state index contributed by atoms with van der Waals surface area (Å²) in [6.45, 7) is 6.52. The third kappa shape index (κ3) is 11.1. The Morgan fingerprint density at radius 1 is 1.05 bits per heavy atom. The van der Waals surface area contributed by atoms with Gasteiger partial charge < -0.3 is 24.7 Å². The minimum Gasteiger partial charge on any atom is -0.379 e. The van der Waals surface area contributed by atoms with E-state index in [9.17, 15) is 0 Å². The fraction of sp³-hybridized carbons (Fsp3) is 1.00. The number of rotatable bonds is 13. The summed E-state index contributed by atoms with van der Waals surface area (Å²) in [6, 6.07) is 0.263. The molecule has 1 aliphatic heterocycles. The number of hydrogen-bond acceptors (Lipinski definition) is 5. The van der Waals surface area contributed by atoms with Crippen LogP contribution < -0.4 is 5.73 Å². The van der Waals surface area contributed by atoms with Crippen molar-refractivity contribution in [2.45, 2.75) is 64.2 Å². The van der Waals surface area contributed by atoms with Crippen molar-refractivity contribution in [1.29, 1.82) is 0 Å². The molecule has 0 saturated carbocycles. The minimum absolute atomic E-state index is 0.0301. The maximum absolute atomic E-state index is 5.80. The van der Waals surface area contributed by atoms with E-state index in [0.29, 0.717) is 13.2 Å². The van der Waals surface area contributed by atoms with Crippen molar-refractivity contribution in [3.8, 4) is 0 Å². The predicted octanol–water partition coefficient (Wildman–Crippen LogP) is 2.47. The zero-order valence-corrected chi connectivity index (χ0v) is 13.6. The number of ether oxygens (including phenoxy) is 4. The highest BCUT2D eigenvalue weighted by Gasteiger charge is 2.13. The van der Waals surface area contributed by atoms with Gasteiger partial charge in [0.2, 0.25) is 0 Å². The zero-order valence-electron chi connectivity index (χ0n) is 13.6. The van der Waals surface area contributed by atoms with Crippen molar-refractivity contribution >= 4 is 0 Å². The second-order valence-electron chi connectivity index (χ2n) is 5.56. The fourth-order valence-electron chi connectivity index (χ4n) is 2.12. The first-order valence-corrected chi connectivity index (χ1v) is 8.47. The Kier molecular flexibility index (Phi) is 12.1. The molecule has 0 aromatic carbocycles. The van der Waals surface area contributed by atoms with Crippen LogP contribution in [0.5, 0.6) is 0 Å². The van der Waals surface area contributed by atoms with Gasteiger partial charge in [-0.05, 0) is 44.9 Å². The zero-order chi connectivity index (χ0) is 15.2. The largest absolute Gasteiger partial charge is 0.379 e. The maximum Gasteiger partial charge on any atom is 0.157 e. The SMILES string of the molecule is CCC(N)CCOCCOCCCCOC1CCCCO1. The Morgan fingerprint density at radius 2 is 1.81 bits per heavy atom. The Bertz CT molecular complexity index is 222. The first-order chi connectivity index (χ1) is 10.3. The summed E-state index contributed by atoms with van der Waals surface area (Å²) in [6.07, 6.45) is 7.43. The van der Waals surface area contributed by atoms with Gasteiger partial charge in [-0.3, -0.25) is 0 Å². The average Bonchev–Trinajstić information content (AvgIpc) is 2.53. The molecule has 1 rings (SSSR count). The lowest BCUT2D eigenvalue weighted by Gasteiger charge is -2.22. The van der Waals surface area contributed by atoms with Gasteiger partial charge in [0.1, 0.15) is 0 Å². The molecule has 2 atom stereocenters. The van der Waals surface area contributed by atoms with Crippen LogP contribution >= 0.6 is 0 Å². The second-order valence-corrected chi connectivity index (χ2v) is 5.56. The van der Waals surface area contributed by atoms with Gasteiger partial charge in [0, 0.05) is 32.5 Å². The number of nitrogens with two attached hydrogens (primary N) is 1. The van der Waals surface area contributed by atoms with Crippen molar-refractivity contribution in [2.24, 2.45) is 5.73 Å². The lowest BCUT2D eigenvalue weighted by molar-refractivity contribution is -0.163. The normalized spacial score (nSPS) is 20.6. The van der Waals surface area contributed by atoms with E-state index in [0.717, 1.165) is 58.5 Å². The molecular weight excluding hydrogens is 270 g/mol. The van der Waals surface area contributed by atoms with Crippen LogP contribution in [0.2, 0.25) is 0 Å². The summed E-state index contributed by atoms with van der Waals surface area (Å²) in [5, 5.41) is 0. The van der Waals surface area contributed by atoms with E-state index in [1.165, 1.54) is 12.8 Å². The van der Waals surface area contributed by atoms with E-state index in [1.807, 2.05) is 0 Å². The third-order valence-corrected chi connectivity index (χ3v) is 3.65. The van der Waals surface area contributed by atoms with Gasteiger partial charge in [-0.15, -0.1) is 0 Å². The van der Waals surface area contributed by atoms with Gasteiger partial charge in [0.05, 0.1) is 13.2 Å². The van der Waals surface area contributed by atoms with E-state index in [-0.39, 0.29) is 12.3 Å². The maximum atomic E-state index is 5.80. The van der Waals surface area contributed by atoms with E-state index in [4.69, 9.17) is 24.7 Å². The van der Waals surface area contributed by atoms with Crippen LogP contribution in [-0.2, 0) is 18.9 Å². The van der Waals surface area contributed by atoms with Crippen LogP contribution in [-0.4, -0.2) is 52.0 Å². The standard InChI is InChI=1S/C16H33NO4/c1-2-15(17)8-12-19-14-13-18-9-5-6-11-21-16-7-3-4-10-20-16/h15-16H,2-14,17H2,1H3. The molecule has 2 unspecified atom stereocenters. The molecule has 0 aromatic heterocycles. The fourth-order valence-corrected chi connectivity index (χ4v) is 2.12. The van der Waals surface area contributed by atoms with Crippen LogP contribution in [0.4, 0.5) is 0 Å². The number of hydrogen-bond donors (Lipinski definition) is 1. The van der Waals surface area contributed by atoms with Crippen LogP contribution in [0.3, 0.4) is 0 Å². The van der Waals surface area contributed by atoms with Gasteiger partial charge in [0.25, 0.3) is 0 Å². The van der Waals surface area contributed by atoms with Gasteiger partial charge in [-0.1, -0.05) is 6.92 Å². The van der Waals surface area contributed by atoms with Crippen LogP contribution in [0.15, 0.2) is 0 Å². The van der Waals surface area contributed by atoms with Crippen LogP contribution in [0, 0.1) is 0 Å². The van der Waals surface area contributed by atoms with Gasteiger partial charge in [-0.2, -0.15) is 0 Å². The summed E-state index contributed by atoms with van der Waals surface area (Å²) in [5.74, 6) is 0. The summed E-state index contributed by atoms with van der Waals surface area (Å²) < 4.78 is 22.2. The molecular formula is C16H33NO4. The van der Waals surface area contributed by atoms with E-state index in [2.05, 4.69) is 6.92 Å². The highest BCUT2D eigenvalue weighted by molar-refractivity contribution is 4.56. The van der Waals surface area contributed by atoms with Gasteiger partial charge in [0.15, 0.2) is 6.29 Å². The predicted molar refractivity (Wildman–Crippen MR) is 83.3 cm³/mol. The van der Waals surface area contributed by atoms with E-state index < -0.39 is 0 Å². The van der Waals surface area contributed by atoms with Crippen molar-refractivity contribution in [3.63, 3.8) is 0 Å². The molecule has 1 fully saturated rings. The lowest BCUT2D eigenvalue weighted by atomic mass is 10.2. The van der Waals surface area contributed by atoms with Crippen LogP contribution in [0.1, 0.15) is 51.9 Å². The Balaban J connectivity index is 1.72. The molecule has 21 heavy (non-hydrogen) atoms. The molecule has 1 heterocycles. The molecule has 0 bridgehead atoms. The van der Waals surface area contributed by atoms with Crippen molar-refractivity contribution in [2.75, 3.05) is 39.6 Å². The summed E-state index contributed by atoms with van der Waals surface area (Å²) >= 11 is 0. The second kappa shape index (κ2) is 13.5. The Hall–Kier alpha value is -0.200. The molecule has 1 saturated heterocycles. The summed E-state index contributed by atoms with van der Waals surface area (Å²) in [7, 11) is 0. The van der Waals surface area contributed by atoms with E-state index in [1.54, 1.807) is 0 Å². The summed E-state index contributed by atoms with van der Waals surface area (Å²) in [5.41, 5.74) is 5.80. The van der Waals surface area contributed by atoms with Gasteiger partial charge in [-0.25, -0.2) is 0 Å². The molecule has 0 aliphatic carbocycles. The number of unbranched alkanes of at least 4 members (excludes halogenated alkanes) is 1. The van der Waals surface area contributed by atoms with Crippen molar-refractivity contribution in [1.82, 2.24) is 0 Å². The molecule has 0 aromatic rings. The highest BCUT2D eigenvalue weighted by Crippen LogP contribution is 2.13. The van der Waals surface area contributed by atoms with Crippen molar-refractivity contribution < 1.29 is 18.9 Å². The highest BCUT2D eigenvalue weighted by atomic mass is 16.7. The Labute approximate surface area is 129 Å². The minimum atomic E-state index is 0.0301. The van der Waals surface area contributed by atoms with Gasteiger partial charge >= 0.3 is 0 Å². The third-order valence-electron chi connectivity index (χ3n) is 3.65. The molecule has 0 amide bonds. The smallest absolute Gasteiger partial charge is 0.157 e. The summed E-state index contributed by atoms with van der Waals surface area (Å²) in [4.78, 5) is 0. The molecule has 126 valence electrons. The first kappa shape index (κ1) is 18.8. The average molecular weight is 303 g/mol. The lowest BCUT2D eigenvalue weighted by Crippen LogP contribution is -2.22. The molecule has 5 nitrogen and oxygen atoms in total. The molecule has 0 radical (unpaired) electrons. The quantitative estimate of drug-likeness (QED) is 0.530. The molecule has 0 spiro atoms. The van der Waals surface area contributed by atoms with Crippen LogP contribution in [0.25, 0.3) is 0 Å². The Morgan fingerprint density at radius 3 is 2.52 bits per heavy atom.